The summed E-state index contributed by atoms with van der Waals surface area (Å²) in [5, 5.41) is 9.12. The zero-order chi connectivity index (χ0) is 14.5. The Balaban J connectivity index is 2.31. The minimum Gasteiger partial charge on any atom is -0.491 e. The van der Waals surface area contributed by atoms with E-state index in [0.29, 0.717) is 17.2 Å². The van der Waals surface area contributed by atoms with Gasteiger partial charge in [0, 0.05) is 6.07 Å². The molecule has 0 radical (unpaired) electrons. The van der Waals surface area contributed by atoms with Crippen LogP contribution in [0.2, 0.25) is 0 Å². The predicted octanol–water partition coefficient (Wildman–Crippen LogP) is 3.96. The molecule has 0 aliphatic heterocycles. The lowest BCUT2D eigenvalue weighted by Gasteiger charge is -2.13. The van der Waals surface area contributed by atoms with E-state index in [0.717, 1.165) is 0 Å². The summed E-state index contributed by atoms with van der Waals surface area (Å²) in [5.41, 5.74) is 0.133. The van der Waals surface area contributed by atoms with Gasteiger partial charge in [-0.05, 0) is 38.1 Å². The Morgan fingerprint density at radius 2 is 1.65 bits per heavy atom. The van der Waals surface area contributed by atoms with Crippen LogP contribution in [0.1, 0.15) is 24.2 Å². The van der Waals surface area contributed by atoms with Crippen LogP contribution in [0.5, 0.6) is 17.2 Å². The maximum Gasteiger partial charge on any atom is 0.335 e. The maximum absolute atomic E-state index is 11.1. The van der Waals surface area contributed by atoms with Gasteiger partial charge in [0.2, 0.25) is 0 Å². The van der Waals surface area contributed by atoms with E-state index in [1.807, 2.05) is 32.0 Å². The summed E-state index contributed by atoms with van der Waals surface area (Å²) in [6.07, 6.45) is -0.0383. The van der Waals surface area contributed by atoms with Crippen molar-refractivity contribution in [3.63, 3.8) is 0 Å². The Labute approximate surface area is 117 Å². The third-order valence-electron chi connectivity index (χ3n) is 2.48. The van der Waals surface area contributed by atoms with Crippen LogP contribution in [0.4, 0.5) is 0 Å². The van der Waals surface area contributed by atoms with Crippen molar-refractivity contribution in [2.75, 3.05) is 0 Å². The first-order valence-electron chi connectivity index (χ1n) is 6.32. The van der Waals surface area contributed by atoms with Gasteiger partial charge >= 0.3 is 5.97 Å². The van der Waals surface area contributed by atoms with Crippen molar-refractivity contribution in [1.82, 2.24) is 0 Å². The molecule has 0 fully saturated rings. The van der Waals surface area contributed by atoms with Crippen molar-refractivity contribution in [3.8, 4) is 17.2 Å². The van der Waals surface area contributed by atoms with Crippen LogP contribution in [-0.4, -0.2) is 17.2 Å². The van der Waals surface area contributed by atoms with E-state index in [1.165, 1.54) is 12.1 Å². The summed E-state index contributed by atoms with van der Waals surface area (Å²) >= 11 is 0. The molecule has 4 heteroatoms. The van der Waals surface area contributed by atoms with Crippen LogP contribution >= 0.6 is 0 Å². The second-order valence-electron chi connectivity index (χ2n) is 4.58. The van der Waals surface area contributed by atoms with Gasteiger partial charge in [-0.25, -0.2) is 4.79 Å². The fraction of sp³-hybridized carbons (Fsp3) is 0.188. The average Bonchev–Trinajstić information content (AvgIpc) is 2.38. The van der Waals surface area contributed by atoms with Crippen LogP contribution in [0.25, 0.3) is 0 Å². The number of para-hydroxylation sites is 1. The lowest BCUT2D eigenvalue weighted by Crippen LogP contribution is -2.07. The Kier molecular flexibility index (Phi) is 4.25. The van der Waals surface area contributed by atoms with Crippen molar-refractivity contribution in [1.29, 1.82) is 0 Å². The Hall–Kier alpha value is -2.49. The van der Waals surface area contributed by atoms with Crippen molar-refractivity contribution in [2.45, 2.75) is 20.0 Å². The minimum atomic E-state index is -1.02. The maximum atomic E-state index is 11.1. The quantitative estimate of drug-likeness (QED) is 0.895. The highest BCUT2D eigenvalue weighted by atomic mass is 16.5. The number of carbonyl (C=O) groups is 1. The molecular weight excluding hydrogens is 256 g/mol. The van der Waals surface area contributed by atoms with Crippen LogP contribution in [-0.2, 0) is 0 Å². The molecule has 0 heterocycles. The lowest BCUT2D eigenvalue weighted by molar-refractivity contribution is 0.0695. The highest BCUT2D eigenvalue weighted by Crippen LogP contribution is 2.28. The molecule has 0 saturated heterocycles. The number of carboxylic acids is 1. The molecule has 0 amide bonds. The third kappa shape index (κ3) is 3.75. The Morgan fingerprint density at radius 3 is 2.25 bits per heavy atom. The van der Waals surface area contributed by atoms with E-state index in [-0.39, 0.29) is 11.7 Å². The highest BCUT2D eigenvalue weighted by molar-refractivity contribution is 5.88. The second kappa shape index (κ2) is 6.10. The average molecular weight is 272 g/mol. The number of rotatable bonds is 5. The molecule has 0 bridgehead atoms. The molecule has 2 rings (SSSR count). The monoisotopic (exact) mass is 272 g/mol. The standard InChI is InChI=1S/C16H16O4/c1-11(2)19-14-8-12(16(17)18)9-15(10-14)20-13-6-4-3-5-7-13/h3-11H,1-2H3,(H,17,18). The number of carboxylic acid groups (broad SMARTS) is 1. The van der Waals surface area contributed by atoms with Crippen molar-refractivity contribution >= 4 is 5.97 Å². The van der Waals surface area contributed by atoms with Crippen molar-refractivity contribution < 1.29 is 19.4 Å². The van der Waals surface area contributed by atoms with Crippen LogP contribution in [0.3, 0.4) is 0 Å². The molecule has 2 aromatic rings. The third-order valence-corrected chi connectivity index (χ3v) is 2.48. The zero-order valence-corrected chi connectivity index (χ0v) is 11.4. The first-order chi connectivity index (χ1) is 9.54. The largest absolute Gasteiger partial charge is 0.491 e. The topological polar surface area (TPSA) is 55.8 Å². The van der Waals surface area contributed by atoms with Gasteiger partial charge in [-0.3, -0.25) is 0 Å². The summed E-state index contributed by atoms with van der Waals surface area (Å²) in [6, 6.07) is 13.8. The second-order valence-corrected chi connectivity index (χ2v) is 4.58. The molecule has 104 valence electrons. The van der Waals surface area contributed by atoms with E-state index in [9.17, 15) is 4.79 Å². The van der Waals surface area contributed by atoms with Crippen LogP contribution < -0.4 is 9.47 Å². The fourth-order valence-electron chi connectivity index (χ4n) is 1.72. The summed E-state index contributed by atoms with van der Waals surface area (Å²) in [4.78, 5) is 11.1. The van der Waals surface area contributed by atoms with E-state index in [1.54, 1.807) is 18.2 Å². The van der Waals surface area contributed by atoms with Crippen molar-refractivity contribution in [3.05, 3.63) is 54.1 Å². The molecule has 0 spiro atoms. The number of hydrogen-bond acceptors (Lipinski definition) is 3. The molecule has 2 aromatic carbocycles. The molecule has 20 heavy (non-hydrogen) atoms. The molecule has 1 N–H and O–H groups in total. The summed E-state index contributed by atoms with van der Waals surface area (Å²) in [7, 11) is 0. The van der Waals surface area contributed by atoms with E-state index in [4.69, 9.17) is 14.6 Å². The molecule has 0 aliphatic rings. The zero-order valence-electron chi connectivity index (χ0n) is 11.4. The van der Waals surface area contributed by atoms with Crippen LogP contribution in [0, 0.1) is 0 Å². The van der Waals surface area contributed by atoms with Gasteiger partial charge in [-0.15, -0.1) is 0 Å². The Morgan fingerprint density at radius 1 is 1.00 bits per heavy atom. The Bertz CT molecular complexity index is 591. The minimum absolute atomic E-state index is 0.0383. The molecule has 0 aliphatic carbocycles. The van der Waals surface area contributed by atoms with Crippen LogP contribution in [0.15, 0.2) is 48.5 Å². The van der Waals surface area contributed by atoms with E-state index in [2.05, 4.69) is 0 Å². The highest BCUT2D eigenvalue weighted by Gasteiger charge is 2.10. The summed E-state index contributed by atoms with van der Waals surface area (Å²) in [5.74, 6) is 0.542. The number of benzene rings is 2. The number of aromatic carboxylic acids is 1. The molecule has 0 unspecified atom stereocenters. The number of ether oxygens (including phenoxy) is 2. The summed E-state index contributed by atoms with van der Waals surface area (Å²) in [6.45, 7) is 3.76. The van der Waals surface area contributed by atoms with E-state index >= 15 is 0 Å². The molecule has 0 aromatic heterocycles. The smallest absolute Gasteiger partial charge is 0.335 e. The van der Waals surface area contributed by atoms with Gasteiger partial charge in [-0.2, -0.15) is 0 Å². The van der Waals surface area contributed by atoms with Gasteiger partial charge < -0.3 is 14.6 Å². The lowest BCUT2D eigenvalue weighted by atomic mass is 10.2. The molecular formula is C16H16O4. The normalized spacial score (nSPS) is 10.3. The SMILES string of the molecule is CC(C)Oc1cc(Oc2ccccc2)cc(C(=O)O)c1. The van der Waals surface area contributed by atoms with Gasteiger partial charge in [0.05, 0.1) is 11.7 Å². The molecule has 4 nitrogen and oxygen atoms in total. The first-order valence-corrected chi connectivity index (χ1v) is 6.32. The summed E-state index contributed by atoms with van der Waals surface area (Å²) < 4.78 is 11.2. The van der Waals surface area contributed by atoms with E-state index < -0.39 is 5.97 Å². The fourth-order valence-corrected chi connectivity index (χ4v) is 1.72. The predicted molar refractivity (Wildman–Crippen MR) is 75.7 cm³/mol. The van der Waals surface area contributed by atoms with Crippen molar-refractivity contribution in [2.24, 2.45) is 0 Å². The van der Waals surface area contributed by atoms with Gasteiger partial charge in [0.1, 0.15) is 17.2 Å². The molecule has 0 atom stereocenters. The number of hydrogen-bond donors (Lipinski definition) is 1. The molecule has 0 saturated carbocycles. The van der Waals surface area contributed by atoms with Gasteiger partial charge in [0.25, 0.3) is 0 Å². The van der Waals surface area contributed by atoms with Gasteiger partial charge in [-0.1, -0.05) is 18.2 Å². The van der Waals surface area contributed by atoms with Gasteiger partial charge in [0.15, 0.2) is 0 Å². The first kappa shape index (κ1) is 13.9.